The summed E-state index contributed by atoms with van der Waals surface area (Å²) in [4.78, 5) is 3.92. The molecule has 2 aromatic rings. The van der Waals surface area contributed by atoms with Gasteiger partial charge in [0.2, 0.25) is 10.0 Å². The van der Waals surface area contributed by atoms with Gasteiger partial charge in [-0.2, -0.15) is 4.31 Å². The van der Waals surface area contributed by atoms with Crippen LogP contribution in [0.3, 0.4) is 0 Å². The van der Waals surface area contributed by atoms with Gasteiger partial charge >= 0.3 is 0 Å². The van der Waals surface area contributed by atoms with E-state index < -0.39 is 16.1 Å². The van der Waals surface area contributed by atoms with Gasteiger partial charge in [0.05, 0.1) is 0 Å². The number of rotatable bonds is 4. The number of halogens is 1. The van der Waals surface area contributed by atoms with Gasteiger partial charge in [-0.1, -0.05) is 29.8 Å². The van der Waals surface area contributed by atoms with E-state index in [1.807, 2.05) is 6.07 Å². The zero-order valence-electron chi connectivity index (χ0n) is 11.7. The fourth-order valence-electron chi connectivity index (χ4n) is 1.93. The van der Waals surface area contributed by atoms with Gasteiger partial charge in [-0.15, -0.1) is 0 Å². The average Bonchev–Trinajstić information content (AvgIpc) is 2.46. The van der Waals surface area contributed by atoms with Gasteiger partial charge < -0.3 is 5.73 Å². The van der Waals surface area contributed by atoms with Crippen LogP contribution in [-0.4, -0.2) is 24.8 Å². The van der Waals surface area contributed by atoms with E-state index in [1.165, 1.54) is 29.7 Å². The standard InChI is InChI=1S/C14H16ClN3O2S/c1-10(12-5-3-4-6-13(12)15)18(2)21(19,20)11-7-8-14(16)17-9-11/h3-10H,1-2H3,(H2,16,17). The number of nitrogens with two attached hydrogens (primary N) is 1. The third kappa shape index (κ3) is 3.18. The second-order valence-electron chi connectivity index (χ2n) is 4.64. The van der Waals surface area contributed by atoms with Crippen LogP contribution in [0, 0.1) is 0 Å². The molecule has 112 valence electrons. The smallest absolute Gasteiger partial charge is 0.244 e. The van der Waals surface area contributed by atoms with Gasteiger partial charge in [-0.3, -0.25) is 0 Å². The molecule has 2 N–H and O–H groups in total. The molecule has 0 aliphatic rings. The monoisotopic (exact) mass is 325 g/mol. The SMILES string of the molecule is CC(c1ccccc1Cl)N(C)S(=O)(=O)c1ccc(N)nc1. The summed E-state index contributed by atoms with van der Waals surface area (Å²) < 4.78 is 26.4. The molecular formula is C14H16ClN3O2S. The zero-order chi connectivity index (χ0) is 15.6. The molecule has 2 rings (SSSR count). The van der Waals surface area contributed by atoms with Crippen molar-refractivity contribution in [2.45, 2.75) is 17.9 Å². The summed E-state index contributed by atoms with van der Waals surface area (Å²) in [6.45, 7) is 1.78. The maximum atomic E-state index is 12.6. The molecule has 21 heavy (non-hydrogen) atoms. The predicted octanol–water partition coefficient (Wildman–Crippen LogP) is 2.70. The molecule has 0 radical (unpaired) electrons. The van der Waals surface area contributed by atoms with Crippen molar-refractivity contribution in [3.05, 3.63) is 53.2 Å². The molecule has 0 saturated heterocycles. The Morgan fingerprint density at radius 2 is 1.90 bits per heavy atom. The lowest BCUT2D eigenvalue weighted by Gasteiger charge is -2.25. The van der Waals surface area contributed by atoms with Crippen LogP contribution in [0.1, 0.15) is 18.5 Å². The summed E-state index contributed by atoms with van der Waals surface area (Å²) in [6.07, 6.45) is 1.25. The second-order valence-corrected chi connectivity index (χ2v) is 7.04. The Kier molecular flexibility index (Phi) is 4.51. The molecule has 0 fully saturated rings. The Balaban J connectivity index is 2.36. The quantitative estimate of drug-likeness (QED) is 0.937. The van der Waals surface area contributed by atoms with Crippen molar-refractivity contribution in [2.75, 3.05) is 12.8 Å². The summed E-state index contributed by atoms with van der Waals surface area (Å²) in [6, 6.07) is 9.66. The minimum atomic E-state index is -3.66. The number of aromatic nitrogens is 1. The molecule has 0 spiro atoms. The van der Waals surface area contributed by atoms with E-state index in [9.17, 15) is 8.42 Å². The van der Waals surface area contributed by atoms with Crippen molar-refractivity contribution in [1.29, 1.82) is 0 Å². The summed E-state index contributed by atoms with van der Waals surface area (Å²) in [5.41, 5.74) is 6.22. The lowest BCUT2D eigenvalue weighted by molar-refractivity contribution is 0.398. The van der Waals surface area contributed by atoms with Gasteiger partial charge in [0, 0.05) is 24.3 Å². The number of hydrogen-bond donors (Lipinski definition) is 1. The highest BCUT2D eigenvalue weighted by Gasteiger charge is 2.27. The second kappa shape index (κ2) is 6.01. The van der Waals surface area contributed by atoms with Crippen molar-refractivity contribution < 1.29 is 8.42 Å². The Morgan fingerprint density at radius 1 is 1.24 bits per heavy atom. The molecule has 7 heteroatoms. The van der Waals surface area contributed by atoms with Crippen LogP contribution in [0.15, 0.2) is 47.5 Å². The first-order valence-electron chi connectivity index (χ1n) is 6.28. The summed E-state index contributed by atoms with van der Waals surface area (Å²) in [7, 11) is -2.15. The lowest BCUT2D eigenvalue weighted by Crippen LogP contribution is -2.30. The van der Waals surface area contributed by atoms with Crippen LogP contribution in [0.5, 0.6) is 0 Å². The normalized spacial score (nSPS) is 13.3. The fourth-order valence-corrected chi connectivity index (χ4v) is 3.51. The van der Waals surface area contributed by atoms with Crippen molar-refractivity contribution >= 4 is 27.4 Å². The topological polar surface area (TPSA) is 76.3 Å². The maximum absolute atomic E-state index is 12.6. The Bertz CT molecular complexity index is 732. The molecule has 0 saturated carbocycles. The first-order chi connectivity index (χ1) is 9.84. The Morgan fingerprint density at radius 3 is 2.48 bits per heavy atom. The van der Waals surface area contributed by atoms with Gasteiger partial charge in [0.1, 0.15) is 10.7 Å². The first kappa shape index (κ1) is 15.8. The van der Waals surface area contributed by atoms with Crippen molar-refractivity contribution in [3.8, 4) is 0 Å². The van der Waals surface area contributed by atoms with Gasteiger partial charge in [0.15, 0.2) is 0 Å². The molecule has 0 bridgehead atoms. The molecular weight excluding hydrogens is 310 g/mol. The molecule has 0 aliphatic heterocycles. The number of benzene rings is 1. The maximum Gasteiger partial charge on any atom is 0.244 e. The molecule has 1 atom stereocenters. The molecule has 1 aromatic heterocycles. The van der Waals surface area contributed by atoms with E-state index in [0.29, 0.717) is 5.02 Å². The van der Waals surface area contributed by atoms with E-state index in [1.54, 1.807) is 25.1 Å². The number of anilines is 1. The van der Waals surface area contributed by atoms with E-state index in [4.69, 9.17) is 17.3 Å². The predicted molar refractivity (Wildman–Crippen MR) is 83.5 cm³/mol. The molecule has 5 nitrogen and oxygen atoms in total. The minimum absolute atomic E-state index is 0.0955. The zero-order valence-corrected chi connectivity index (χ0v) is 13.3. The van der Waals surface area contributed by atoms with E-state index >= 15 is 0 Å². The highest BCUT2D eigenvalue weighted by atomic mass is 35.5. The van der Waals surface area contributed by atoms with Crippen LogP contribution in [0.25, 0.3) is 0 Å². The fraction of sp³-hybridized carbons (Fsp3) is 0.214. The van der Waals surface area contributed by atoms with Crippen LogP contribution in [0.2, 0.25) is 5.02 Å². The number of sulfonamides is 1. The molecule has 1 aromatic carbocycles. The van der Waals surface area contributed by atoms with Gasteiger partial charge in [-0.05, 0) is 30.7 Å². The molecule has 0 aliphatic carbocycles. The molecule has 1 unspecified atom stereocenters. The summed E-state index contributed by atoms with van der Waals surface area (Å²) in [5.74, 6) is 0.274. The third-order valence-electron chi connectivity index (χ3n) is 3.34. The Labute approximate surface area is 129 Å². The third-order valence-corrected chi connectivity index (χ3v) is 5.59. The average molecular weight is 326 g/mol. The number of pyridine rings is 1. The van der Waals surface area contributed by atoms with Crippen molar-refractivity contribution in [1.82, 2.24) is 9.29 Å². The first-order valence-corrected chi connectivity index (χ1v) is 8.10. The number of hydrogen-bond acceptors (Lipinski definition) is 4. The van der Waals surface area contributed by atoms with E-state index in [-0.39, 0.29) is 10.7 Å². The number of nitrogen functional groups attached to an aromatic ring is 1. The Hall–Kier alpha value is -1.63. The largest absolute Gasteiger partial charge is 0.384 e. The summed E-state index contributed by atoms with van der Waals surface area (Å²) >= 11 is 6.13. The minimum Gasteiger partial charge on any atom is -0.384 e. The van der Waals surface area contributed by atoms with Crippen LogP contribution < -0.4 is 5.73 Å². The van der Waals surface area contributed by atoms with Gasteiger partial charge in [-0.25, -0.2) is 13.4 Å². The highest BCUT2D eigenvalue weighted by Crippen LogP contribution is 2.29. The highest BCUT2D eigenvalue weighted by molar-refractivity contribution is 7.89. The van der Waals surface area contributed by atoms with Crippen molar-refractivity contribution in [2.24, 2.45) is 0 Å². The van der Waals surface area contributed by atoms with Gasteiger partial charge in [0.25, 0.3) is 0 Å². The van der Waals surface area contributed by atoms with Crippen LogP contribution in [-0.2, 0) is 10.0 Å². The van der Waals surface area contributed by atoms with Crippen LogP contribution >= 0.6 is 11.6 Å². The van der Waals surface area contributed by atoms with Crippen molar-refractivity contribution in [3.63, 3.8) is 0 Å². The molecule has 1 heterocycles. The van der Waals surface area contributed by atoms with E-state index in [0.717, 1.165) is 5.56 Å². The van der Waals surface area contributed by atoms with Crippen LogP contribution in [0.4, 0.5) is 5.82 Å². The summed E-state index contributed by atoms with van der Waals surface area (Å²) in [5, 5.41) is 0.530. The lowest BCUT2D eigenvalue weighted by atomic mass is 10.1. The molecule has 0 amide bonds. The van der Waals surface area contributed by atoms with E-state index in [2.05, 4.69) is 4.98 Å². The number of nitrogens with zero attached hydrogens (tertiary/aromatic N) is 2.